The van der Waals surface area contributed by atoms with E-state index < -0.39 is 0 Å². The summed E-state index contributed by atoms with van der Waals surface area (Å²) < 4.78 is 16.0. The first kappa shape index (κ1) is 21.9. The third kappa shape index (κ3) is 5.64. The SMILES string of the molecule is COc1ccc(C)cc1NC(=O)CN1CCN(Cc2ccc(OC)c(OC)c2)CC1. The van der Waals surface area contributed by atoms with Crippen LogP contribution in [0.25, 0.3) is 0 Å². The molecular weight excluding hydrogens is 382 g/mol. The second kappa shape index (κ2) is 10.3. The summed E-state index contributed by atoms with van der Waals surface area (Å²) in [6.45, 7) is 6.75. The normalized spacial score (nSPS) is 14.9. The number of anilines is 1. The second-order valence-electron chi connectivity index (χ2n) is 7.49. The number of carbonyl (C=O) groups excluding carboxylic acids is 1. The zero-order chi connectivity index (χ0) is 21.5. The van der Waals surface area contributed by atoms with Gasteiger partial charge in [0.15, 0.2) is 11.5 Å². The van der Waals surface area contributed by atoms with Crippen LogP contribution in [0.15, 0.2) is 36.4 Å². The quantitative estimate of drug-likeness (QED) is 0.718. The molecule has 30 heavy (non-hydrogen) atoms. The Labute approximate surface area is 178 Å². The average molecular weight is 414 g/mol. The number of rotatable bonds is 8. The maximum atomic E-state index is 12.5. The maximum absolute atomic E-state index is 12.5. The Hall–Kier alpha value is -2.77. The number of methoxy groups -OCH3 is 3. The van der Waals surface area contributed by atoms with Gasteiger partial charge in [0, 0.05) is 32.7 Å². The van der Waals surface area contributed by atoms with Gasteiger partial charge in [-0.15, -0.1) is 0 Å². The predicted molar refractivity (Wildman–Crippen MR) is 118 cm³/mol. The summed E-state index contributed by atoms with van der Waals surface area (Å²) in [6.07, 6.45) is 0. The fourth-order valence-electron chi connectivity index (χ4n) is 3.66. The van der Waals surface area contributed by atoms with Crippen LogP contribution < -0.4 is 19.5 Å². The number of hydrogen-bond acceptors (Lipinski definition) is 6. The van der Waals surface area contributed by atoms with Gasteiger partial charge in [-0.3, -0.25) is 14.6 Å². The van der Waals surface area contributed by atoms with Crippen LogP contribution in [0, 0.1) is 6.92 Å². The molecule has 162 valence electrons. The van der Waals surface area contributed by atoms with Gasteiger partial charge < -0.3 is 19.5 Å². The summed E-state index contributed by atoms with van der Waals surface area (Å²) in [5.41, 5.74) is 2.98. The topological polar surface area (TPSA) is 63.3 Å². The van der Waals surface area contributed by atoms with Gasteiger partial charge in [-0.05, 0) is 42.3 Å². The largest absolute Gasteiger partial charge is 0.495 e. The number of aryl methyl sites for hydroxylation is 1. The number of benzene rings is 2. The molecule has 0 unspecified atom stereocenters. The van der Waals surface area contributed by atoms with Crippen molar-refractivity contribution in [1.82, 2.24) is 9.80 Å². The third-order valence-electron chi connectivity index (χ3n) is 5.32. The highest BCUT2D eigenvalue weighted by molar-refractivity contribution is 5.93. The van der Waals surface area contributed by atoms with E-state index in [1.807, 2.05) is 37.3 Å². The number of amides is 1. The highest BCUT2D eigenvalue weighted by Gasteiger charge is 2.20. The van der Waals surface area contributed by atoms with E-state index in [9.17, 15) is 4.79 Å². The molecule has 7 nitrogen and oxygen atoms in total. The van der Waals surface area contributed by atoms with E-state index in [1.165, 1.54) is 5.56 Å². The molecule has 0 bridgehead atoms. The molecule has 0 radical (unpaired) electrons. The number of ether oxygens (including phenoxy) is 3. The monoisotopic (exact) mass is 413 g/mol. The number of hydrogen-bond donors (Lipinski definition) is 1. The Balaban J connectivity index is 1.49. The van der Waals surface area contributed by atoms with Crippen LogP contribution in [0.5, 0.6) is 17.2 Å². The van der Waals surface area contributed by atoms with E-state index >= 15 is 0 Å². The van der Waals surface area contributed by atoms with E-state index in [0.717, 1.165) is 55.5 Å². The minimum Gasteiger partial charge on any atom is -0.495 e. The minimum absolute atomic E-state index is 0.0211. The zero-order valence-electron chi connectivity index (χ0n) is 18.2. The maximum Gasteiger partial charge on any atom is 0.238 e. The average Bonchev–Trinajstić information content (AvgIpc) is 2.75. The first-order chi connectivity index (χ1) is 14.5. The molecule has 0 atom stereocenters. The number of nitrogens with one attached hydrogen (secondary N) is 1. The minimum atomic E-state index is -0.0211. The zero-order valence-corrected chi connectivity index (χ0v) is 18.2. The van der Waals surface area contributed by atoms with E-state index in [-0.39, 0.29) is 5.91 Å². The molecular formula is C23H31N3O4. The fraction of sp³-hybridized carbons (Fsp3) is 0.435. The molecule has 1 heterocycles. The van der Waals surface area contributed by atoms with Crippen molar-refractivity contribution in [1.29, 1.82) is 0 Å². The summed E-state index contributed by atoms with van der Waals surface area (Å²) in [6, 6.07) is 11.8. The molecule has 0 aromatic heterocycles. The predicted octanol–water partition coefficient (Wildman–Crippen LogP) is 2.78. The summed E-state index contributed by atoms with van der Waals surface area (Å²) in [5.74, 6) is 2.14. The van der Waals surface area contributed by atoms with Crippen molar-refractivity contribution in [3.05, 3.63) is 47.5 Å². The Morgan fingerprint density at radius 1 is 0.867 bits per heavy atom. The lowest BCUT2D eigenvalue weighted by Gasteiger charge is -2.34. The Morgan fingerprint density at radius 3 is 2.17 bits per heavy atom. The lowest BCUT2D eigenvalue weighted by molar-refractivity contribution is -0.117. The van der Waals surface area contributed by atoms with Crippen LogP contribution in [0.2, 0.25) is 0 Å². The van der Waals surface area contributed by atoms with Gasteiger partial charge in [-0.1, -0.05) is 12.1 Å². The molecule has 1 aliphatic rings. The van der Waals surface area contributed by atoms with Gasteiger partial charge in [-0.2, -0.15) is 0 Å². The summed E-state index contributed by atoms with van der Waals surface area (Å²) in [4.78, 5) is 17.1. The smallest absolute Gasteiger partial charge is 0.238 e. The Bertz CT molecular complexity index is 864. The molecule has 7 heteroatoms. The second-order valence-corrected chi connectivity index (χ2v) is 7.49. The van der Waals surface area contributed by atoms with Gasteiger partial charge in [0.1, 0.15) is 5.75 Å². The van der Waals surface area contributed by atoms with Crippen molar-refractivity contribution in [2.45, 2.75) is 13.5 Å². The van der Waals surface area contributed by atoms with E-state index in [4.69, 9.17) is 14.2 Å². The molecule has 1 saturated heterocycles. The van der Waals surface area contributed by atoms with Crippen molar-refractivity contribution in [2.24, 2.45) is 0 Å². The molecule has 1 N–H and O–H groups in total. The van der Waals surface area contributed by atoms with Crippen LogP contribution in [-0.4, -0.2) is 69.8 Å². The first-order valence-corrected chi connectivity index (χ1v) is 10.1. The van der Waals surface area contributed by atoms with Gasteiger partial charge in [0.05, 0.1) is 33.6 Å². The third-order valence-corrected chi connectivity index (χ3v) is 5.32. The molecule has 0 spiro atoms. The van der Waals surface area contributed by atoms with Crippen LogP contribution in [-0.2, 0) is 11.3 Å². The van der Waals surface area contributed by atoms with Crippen molar-refractivity contribution in [3.8, 4) is 17.2 Å². The van der Waals surface area contributed by atoms with Gasteiger partial charge in [-0.25, -0.2) is 0 Å². The summed E-state index contributed by atoms with van der Waals surface area (Å²) in [7, 11) is 4.90. The number of piperazine rings is 1. The van der Waals surface area contributed by atoms with Crippen LogP contribution in [0.4, 0.5) is 5.69 Å². The van der Waals surface area contributed by atoms with Crippen LogP contribution in [0.3, 0.4) is 0 Å². The van der Waals surface area contributed by atoms with Crippen molar-refractivity contribution in [2.75, 3.05) is 59.4 Å². The molecule has 0 saturated carbocycles. The van der Waals surface area contributed by atoms with Gasteiger partial charge >= 0.3 is 0 Å². The highest BCUT2D eigenvalue weighted by Crippen LogP contribution is 2.28. The van der Waals surface area contributed by atoms with Crippen molar-refractivity contribution >= 4 is 11.6 Å². The summed E-state index contributed by atoms with van der Waals surface area (Å²) >= 11 is 0. The molecule has 2 aromatic carbocycles. The summed E-state index contributed by atoms with van der Waals surface area (Å²) in [5, 5.41) is 2.98. The Kier molecular flexibility index (Phi) is 7.54. The van der Waals surface area contributed by atoms with E-state index in [1.54, 1.807) is 21.3 Å². The van der Waals surface area contributed by atoms with Crippen molar-refractivity contribution < 1.29 is 19.0 Å². The van der Waals surface area contributed by atoms with Gasteiger partial charge in [0.25, 0.3) is 0 Å². The molecule has 3 rings (SSSR count). The molecule has 0 aliphatic carbocycles. The molecule has 1 aliphatic heterocycles. The van der Waals surface area contributed by atoms with Crippen LogP contribution >= 0.6 is 0 Å². The lowest BCUT2D eigenvalue weighted by atomic mass is 10.1. The first-order valence-electron chi connectivity index (χ1n) is 10.1. The van der Waals surface area contributed by atoms with Gasteiger partial charge in [0.2, 0.25) is 5.91 Å². The fourth-order valence-corrected chi connectivity index (χ4v) is 3.66. The van der Waals surface area contributed by atoms with E-state index in [2.05, 4.69) is 21.2 Å². The van der Waals surface area contributed by atoms with E-state index in [0.29, 0.717) is 12.3 Å². The molecule has 1 fully saturated rings. The standard InChI is InChI=1S/C23H31N3O4/c1-17-5-7-20(28-2)19(13-17)24-23(27)16-26-11-9-25(10-12-26)15-18-6-8-21(29-3)22(14-18)30-4/h5-8,13-14H,9-12,15-16H2,1-4H3,(H,24,27). The number of carbonyl (C=O) groups is 1. The lowest BCUT2D eigenvalue weighted by Crippen LogP contribution is -2.48. The number of nitrogens with zero attached hydrogens (tertiary/aromatic N) is 2. The Morgan fingerprint density at radius 2 is 1.50 bits per heavy atom. The van der Waals surface area contributed by atoms with Crippen molar-refractivity contribution in [3.63, 3.8) is 0 Å². The highest BCUT2D eigenvalue weighted by atomic mass is 16.5. The van der Waals surface area contributed by atoms with Crippen LogP contribution in [0.1, 0.15) is 11.1 Å². The molecule has 1 amide bonds. The molecule has 2 aromatic rings.